The summed E-state index contributed by atoms with van der Waals surface area (Å²) < 4.78 is 39.8. The van der Waals surface area contributed by atoms with Crippen LogP contribution in [-0.2, 0) is 19.6 Å². The number of benzene rings is 1. The van der Waals surface area contributed by atoms with E-state index in [-0.39, 0.29) is 31.2 Å². The van der Waals surface area contributed by atoms with Crippen molar-refractivity contribution in [3.05, 3.63) is 23.3 Å². The summed E-state index contributed by atoms with van der Waals surface area (Å²) in [5.41, 5.74) is 1.33. The molecule has 2 atom stereocenters. The van der Waals surface area contributed by atoms with Gasteiger partial charge in [0.1, 0.15) is 12.4 Å². The molecule has 10 heteroatoms. The molecule has 0 spiro atoms. The van der Waals surface area contributed by atoms with E-state index in [1.54, 1.807) is 54.1 Å². The Labute approximate surface area is 196 Å². The van der Waals surface area contributed by atoms with Gasteiger partial charge in [-0.25, -0.2) is 8.42 Å². The molecule has 3 rings (SSSR count). The number of likely N-dealkylation sites (tertiary alicyclic amines) is 1. The first kappa shape index (κ1) is 25.3. The van der Waals surface area contributed by atoms with Crippen molar-refractivity contribution < 1.29 is 22.7 Å². The molecule has 0 bridgehead atoms. The molecule has 1 aromatic rings. The van der Waals surface area contributed by atoms with E-state index in [1.165, 1.54) is 0 Å². The van der Waals surface area contributed by atoms with Gasteiger partial charge in [0.2, 0.25) is 15.9 Å². The third-order valence-corrected chi connectivity index (χ3v) is 9.60. The number of sulfonamides is 1. The minimum atomic E-state index is -3.70. The Balaban J connectivity index is 1.66. The topological polar surface area (TPSA) is 79.4 Å². The van der Waals surface area contributed by atoms with Gasteiger partial charge in [-0.05, 0) is 57.1 Å². The Morgan fingerprint density at radius 2 is 1.94 bits per heavy atom. The summed E-state index contributed by atoms with van der Waals surface area (Å²) in [6, 6.07) is 3.40. The van der Waals surface area contributed by atoms with Crippen molar-refractivity contribution in [2.75, 3.05) is 65.6 Å². The van der Waals surface area contributed by atoms with Crippen LogP contribution in [-0.4, -0.2) is 106 Å². The number of likely N-dealkylation sites (N-methyl/N-ethyl adjacent to an activating group) is 2. The van der Waals surface area contributed by atoms with Crippen molar-refractivity contribution in [1.29, 1.82) is 0 Å². The molecule has 180 valence electrons. The highest BCUT2D eigenvalue weighted by atomic mass is 32.2. The van der Waals surface area contributed by atoms with Crippen LogP contribution in [0.3, 0.4) is 0 Å². The van der Waals surface area contributed by atoms with Crippen molar-refractivity contribution in [3.63, 3.8) is 0 Å². The van der Waals surface area contributed by atoms with E-state index in [0.717, 1.165) is 25.3 Å². The number of aryl methyl sites for hydroxylation is 2. The summed E-state index contributed by atoms with van der Waals surface area (Å²) in [5.74, 6) is 1.96. The summed E-state index contributed by atoms with van der Waals surface area (Å²) in [5, 5.41) is 0. The molecule has 1 aromatic carbocycles. The summed E-state index contributed by atoms with van der Waals surface area (Å²) in [6.45, 7) is 6.03. The van der Waals surface area contributed by atoms with E-state index in [1.807, 2.05) is 7.05 Å². The van der Waals surface area contributed by atoms with Crippen molar-refractivity contribution in [3.8, 4) is 5.75 Å². The number of amides is 1. The van der Waals surface area contributed by atoms with E-state index >= 15 is 0 Å². The lowest BCUT2D eigenvalue weighted by Gasteiger charge is -2.35. The second-order valence-corrected chi connectivity index (χ2v) is 11.6. The largest absolute Gasteiger partial charge is 0.497 e. The Hall–Kier alpha value is -1.33. The Kier molecular flexibility index (Phi) is 8.48. The molecule has 8 nitrogen and oxygen atoms in total. The van der Waals surface area contributed by atoms with Gasteiger partial charge in [0, 0.05) is 37.7 Å². The molecule has 2 aliphatic heterocycles. The Bertz CT molecular complexity index is 901. The highest BCUT2D eigenvalue weighted by molar-refractivity contribution is 7.99. The third kappa shape index (κ3) is 5.59. The van der Waals surface area contributed by atoms with E-state index in [2.05, 4.69) is 11.9 Å². The fraction of sp³-hybridized carbons (Fsp3) is 0.682. The second-order valence-electron chi connectivity index (χ2n) is 8.66. The number of rotatable bonds is 8. The molecule has 2 saturated heterocycles. The van der Waals surface area contributed by atoms with Gasteiger partial charge in [-0.2, -0.15) is 16.1 Å². The normalized spacial score (nSPS) is 22.8. The third-order valence-electron chi connectivity index (χ3n) is 6.25. The minimum Gasteiger partial charge on any atom is -0.497 e. The lowest BCUT2D eigenvalue weighted by molar-refractivity contribution is -0.137. The van der Waals surface area contributed by atoms with Gasteiger partial charge in [0.15, 0.2) is 0 Å². The SMILES string of the molecule is COc1cc(C)c(S(=O)(=O)N2CCSCC2COCC(=O)N(C)C2CCN(C)C2)c(C)c1. The highest BCUT2D eigenvalue weighted by Gasteiger charge is 2.36. The average molecular weight is 486 g/mol. The number of hydrogen-bond donors (Lipinski definition) is 0. The van der Waals surface area contributed by atoms with Crippen LogP contribution in [0, 0.1) is 13.8 Å². The first-order valence-electron chi connectivity index (χ1n) is 10.9. The molecule has 0 aromatic heterocycles. The first-order valence-corrected chi connectivity index (χ1v) is 13.5. The van der Waals surface area contributed by atoms with Crippen LogP contribution in [0.15, 0.2) is 17.0 Å². The Morgan fingerprint density at radius 1 is 1.25 bits per heavy atom. The molecule has 32 heavy (non-hydrogen) atoms. The van der Waals surface area contributed by atoms with Crippen molar-refractivity contribution in [2.45, 2.75) is 37.2 Å². The zero-order valence-electron chi connectivity index (χ0n) is 19.7. The smallest absolute Gasteiger partial charge is 0.248 e. The van der Waals surface area contributed by atoms with E-state index < -0.39 is 10.0 Å². The van der Waals surface area contributed by atoms with Gasteiger partial charge in [-0.1, -0.05) is 0 Å². The number of thioether (sulfide) groups is 1. The van der Waals surface area contributed by atoms with Gasteiger partial charge >= 0.3 is 0 Å². The standard InChI is InChI=1S/C22H35N3O5S2/c1-16-10-20(29-5)11-17(2)22(16)32(27,28)25-8-9-31-15-19(25)13-30-14-21(26)24(4)18-6-7-23(3)12-18/h10-11,18-19H,6-9,12-15H2,1-5H3. The lowest BCUT2D eigenvalue weighted by atomic mass is 10.1. The van der Waals surface area contributed by atoms with Gasteiger partial charge in [0.05, 0.1) is 24.7 Å². The summed E-state index contributed by atoms with van der Waals surface area (Å²) in [7, 11) is 1.74. The fourth-order valence-corrected chi connectivity index (χ4v) is 7.73. The van der Waals surface area contributed by atoms with Crippen molar-refractivity contribution in [2.24, 2.45) is 0 Å². The summed E-state index contributed by atoms with van der Waals surface area (Å²) in [6.07, 6.45) is 0.963. The van der Waals surface area contributed by atoms with Gasteiger partial charge < -0.3 is 19.3 Å². The molecular weight excluding hydrogens is 450 g/mol. The first-order chi connectivity index (χ1) is 15.1. The molecule has 0 saturated carbocycles. The number of nitrogens with zero attached hydrogens (tertiary/aromatic N) is 3. The van der Waals surface area contributed by atoms with E-state index in [4.69, 9.17) is 9.47 Å². The van der Waals surface area contributed by atoms with Crippen LogP contribution in [0.25, 0.3) is 0 Å². The maximum absolute atomic E-state index is 13.6. The number of methoxy groups -OCH3 is 1. The molecule has 2 unspecified atom stereocenters. The number of carbonyl (C=O) groups excluding carboxylic acids is 1. The quantitative estimate of drug-likeness (QED) is 0.553. The summed E-state index contributed by atoms with van der Waals surface area (Å²) >= 11 is 1.71. The Morgan fingerprint density at radius 3 is 2.53 bits per heavy atom. The molecule has 0 aliphatic carbocycles. The van der Waals surface area contributed by atoms with Crippen molar-refractivity contribution in [1.82, 2.24) is 14.1 Å². The highest BCUT2D eigenvalue weighted by Crippen LogP contribution is 2.31. The predicted molar refractivity (Wildman–Crippen MR) is 127 cm³/mol. The van der Waals surface area contributed by atoms with Crippen LogP contribution < -0.4 is 4.74 Å². The number of ether oxygens (including phenoxy) is 2. The zero-order chi connectivity index (χ0) is 23.5. The molecule has 1 amide bonds. The number of carbonyl (C=O) groups is 1. The van der Waals surface area contributed by atoms with Gasteiger partial charge in [-0.3, -0.25) is 4.79 Å². The van der Waals surface area contributed by atoms with E-state index in [0.29, 0.717) is 34.1 Å². The minimum absolute atomic E-state index is 0.0354. The van der Waals surface area contributed by atoms with Crippen molar-refractivity contribution >= 4 is 27.7 Å². The van der Waals surface area contributed by atoms with Crippen LogP contribution in [0.4, 0.5) is 0 Å². The molecule has 0 radical (unpaired) electrons. The van der Waals surface area contributed by atoms with Crippen LogP contribution >= 0.6 is 11.8 Å². The maximum Gasteiger partial charge on any atom is 0.248 e. The monoisotopic (exact) mass is 485 g/mol. The second kappa shape index (κ2) is 10.7. The van der Waals surface area contributed by atoms with Gasteiger partial charge in [-0.15, -0.1) is 0 Å². The predicted octanol–water partition coefficient (Wildman–Crippen LogP) is 1.60. The molecule has 2 aliphatic rings. The molecular formula is C22H35N3O5S2. The van der Waals surface area contributed by atoms with Crippen LogP contribution in [0.5, 0.6) is 5.75 Å². The molecule has 2 fully saturated rings. The van der Waals surface area contributed by atoms with Gasteiger partial charge in [0.25, 0.3) is 0 Å². The fourth-order valence-electron chi connectivity index (χ4n) is 4.46. The summed E-state index contributed by atoms with van der Waals surface area (Å²) in [4.78, 5) is 16.9. The average Bonchev–Trinajstić information content (AvgIpc) is 3.18. The maximum atomic E-state index is 13.6. The molecule has 2 heterocycles. The molecule has 0 N–H and O–H groups in total. The lowest BCUT2D eigenvalue weighted by Crippen LogP contribution is -2.49. The van der Waals surface area contributed by atoms with E-state index in [9.17, 15) is 13.2 Å². The zero-order valence-corrected chi connectivity index (χ0v) is 21.3. The van der Waals surface area contributed by atoms with Crippen LogP contribution in [0.2, 0.25) is 0 Å². The number of hydrogen-bond acceptors (Lipinski definition) is 7. The van der Waals surface area contributed by atoms with Crippen LogP contribution in [0.1, 0.15) is 17.5 Å².